The normalized spacial score (nSPS) is 20.4. The topological polar surface area (TPSA) is 126 Å². The maximum Gasteiger partial charge on any atom is 0.411 e. The van der Waals surface area contributed by atoms with Gasteiger partial charge in [0.1, 0.15) is 17.7 Å². The molecule has 3 heterocycles. The summed E-state index contributed by atoms with van der Waals surface area (Å²) < 4.78 is 68.8. The van der Waals surface area contributed by atoms with Crippen molar-refractivity contribution >= 4 is 41.1 Å². The van der Waals surface area contributed by atoms with Gasteiger partial charge >= 0.3 is 18.1 Å². The fraction of sp³-hybridized carbons (Fsp3) is 0.333. The second-order valence-electron chi connectivity index (χ2n) is 9.74. The van der Waals surface area contributed by atoms with E-state index in [0.29, 0.717) is 5.69 Å². The number of aromatic amines is 1. The van der Waals surface area contributed by atoms with Crippen molar-refractivity contribution in [2.24, 2.45) is 0 Å². The van der Waals surface area contributed by atoms with Gasteiger partial charge in [-0.05, 0) is 43.2 Å². The van der Waals surface area contributed by atoms with Gasteiger partial charge in [0.25, 0.3) is 5.91 Å². The summed E-state index contributed by atoms with van der Waals surface area (Å²) in [4.78, 5) is 46.1. The Morgan fingerprint density at radius 2 is 2.00 bits per heavy atom. The van der Waals surface area contributed by atoms with Gasteiger partial charge in [-0.15, -0.1) is 0 Å². The number of ether oxygens (including phenoxy) is 2. The highest BCUT2D eigenvalue weighted by molar-refractivity contribution is 6.30. The second kappa shape index (κ2) is 11.5. The number of hydrogen-bond acceptors (Lipinski definition) is 6. The Kier molecular flexibility index (Phi) is 7.99. The van der Waals surface area contributed by atoms with Crippen molar-refractivity contribution in [1.82, 2.24) is 14.9 Å². The van der Waals surface area contributed by atoms with Gasteiger partial charge in [0.05, 0.1) is 41.3 Å². The molecule has 0 spiro atoms. The lowest BCUT2D eigenvalue weighted by molar-refractivity contribution is -0.140. The summed E-state index contributed by atoms with van der Waals surface area (Å²) in [5.74, 6) is -7.03. The first-order chi connectivity index (χ1) is 20.0. The summed E-state index contributed by atoms with van der Waals surface area (Å²) in [5, 5.41) is 4.31. The van der Waals surface area contributed by atoms with Crippen LogP contribution in [0.5, 0.6) is 0 Å². The van der Waals surface area contributed by atoms with Gasteiger partial charge < -0.3 is 19.8 Å². The number of H-pyrrole nitrogens is 1. The third-order valence-corrected chi connectivity index (χ3v) is 7.38. The number of fused-ring (bicyclic) bond motifs is 4. The smallest absolute Gasteiger partial charge is 0.411 e. The highest BCUT2D eigenvalue weighted by atomic mass is 35.5. The summed E-state index contributed by atoms with van der Waals surface area (Å²) >= 11 is 5.79. The van der Waals surface area contributed by atoms with Gasteiger partial charge in [0.15, 0.2) is 5.82 Å². The number of anilines is 2. The molecule has 2 aliphatic heterocycles. The van der Waals surface area contributed by atoms with E-state index in [2.05, 4.69) is 25.3 Å². The molecule has 0 saturated carbocycles. The molecule has 3 amide bonds. The monoisotopic (exact) mass is 609 g/mol. The minimum atomic E-state index is -3.77. The lowest BCUT2D eigenvalue weighted by Crippen LogP contribution is -2.42. The second-order valence-corrected chi connectivity index (χ2v) is 10.1. The van der Waals surface area contributed by atoms with Crippen molar-refractivity contribution in [3.8, 4) is 11.3 Å². The molecule has 15 heteroatoms. The van der Waals surface area contributed by atoms with Crippen LogP contribution in [0.15, 0.2) is 36.5 Å². The standard InChI is InChI=1S/C27H24ClF4N5O5/c1-41-25(39)34-13-4-5-14-17(11-13)36-24(38)27(31,32)9-2-3-19(23-33-12-18(14)35-23)37-10-8-20(42-26(37)40)21-16(29)7-6-15(28)22(21)30/h4-7,11-12,19-20H,2-3,8-10H2,1H3,(H,33,35)(H,34,39)(H,36,38)/t19-,20+/m0/s1. The molecular formula is C27H24ClF4N5O5. The maximum absolute atomic E-state index is 14.9. The molecule has 2 aromatic carbocycles. The first-order valence-corrected chi connectivity index (χ1v) is 13.2. The van der Waals surface area contributed by atoms with Crippen LogP contribution in [0, 0.1) is 11.6 Å². The molecule has 1 aromatic heterocycles. The van der Waals surface area contributed by atoms with Gasteiger partial charge in [0, 0.05) is 30.6 Å². The highest BCUT2D eigenvalue weighted by Crippen LogP contribution is 2.39. The molecule has 1 fully saturated rings. The molecule has 0 unspecified atom stereocenters. The molecule has 42 heavy (non-hydrogen) atoms. The molecule has 3 N–H and O–H groups in total. The predicted octanol–water partition coefficient (Wildman–Crippen LogP) is 6.57. The molecule has 0 radical (unpaired) electrons. The van der Waals surface area contributed by atoms with Crippen LogP contribution in [-0.4, -0.2) is 52.5 Å². The SMILES string of the molecule is COC(=O)Nc1ccc2c(c1)NC(=O)C(F)(F)CCC[C@H](N1CC[C@H](c3c(F)ccc(Cl)c3F)OC1=O)c1ncc-2[nH]1. The lowest BCUT2D eigenvalue weighted by atomic mass is 10.0. The molecule has 1 saturated heterocycles. The third kappa shape index (κ3) is 5.71. The van der Waals surface area contributed by atoms with Gasteiger partial charge in [-0.1, -0.05) is 11.6 Å². The van der Waals surface area contributed by atoms with E-state index < -0.39 is 59.8 Å². The Balaban J connectivity index is 1.47. The van der Waals surface area contributed by atoms with Crippen LogP contribution in [-0.2, 0) is 14.3 Å². The van der Waals surface area contributed by atoms with Gasteiger partial charge in [-0.2, -0.15) is 8.78 Å². The molecule has 2 bridgehead atoms. The minimum absolute atomic E-state index is 0.0125. The number of nitrogens with zero attached hydrogens (tertiary/aromatic N) is 2. The van der Waals surface area contributed by atoms with E-state index in [1.807, 2.05) is 0 Å². The van der Waals surface area contributed by atoms with E-state index >= 15 is 0 Å². The molecule has 0 aliphatic carbocycles. The summed E-state index contributed by atoms with van der Waals surface area (Å²) in [5.41, 5.74) is 0.266. The molecule has 5 rings (SSSR count). The van der Waals surface area contributed by atoms with E-state index in [1.54, 1.807) is 0 Å². The fourth-order valence-corrected chi connectivity index (χ4v) is 5.14. The van der Waals surface area contributed by atoms with Crippen LogP contribution in [0.3, 0.4) is 0 Å². The number of methoxy groups -OCH3 is 1. The third-order valence-electron chi connectivity index (χ3n) is 7.09. The van der Waals surface area contributed by atoms with Crippen LogP contribution >= 0.6 is 11.6 Å². The van der Waals surface area contributed by atoms with Crippen LogP contribution in [0.1, 0.15) is 49.2 Å². The Bertz CT molecular complexity index is 1550. The van der Waals surface area contributed by atoms with Crippen molar-refractivity contribution in [2.75, 3.05) is 24.3 Å². The van der Waals surface area contributed by atoms with E-state index in [9.17, 15) is 31.9 Å². The molecule has 10 nitrogen and oxygen atoms in total. The summed E-state index contributed by atoms with van der Waals surface area (Å²) in [6, 6.07) is 5.38. The van der Waals surface area contributed by atoms with Crippen molar-refractivity contribution in [1.29, 1.82) is 0 Å². The lowest BCUT2D eigenvalue weighted by Gasteiger charge is -2.36. The Labute approximate surface area is 241 Å². The number of benzene rings is 2. The van der Waals surface area contributed by atoms with Crippen LogP contribution < -0.4 is 10.6 Å². The number of cyclic esters (lactones) is 1. The molecular weight excluding hydrogens is 586 g/mol. The van der Waals surface area contributed by atoms with Crippen molar-refractivity contribution in [3.63, 3.8) is 0 Å². The number of rotatable bonds is 3. The average Bonchev–Trinajstić information content (AvgIpc) is 3.43. The number of nitrogens with one attached hydrogen (secondary N) is 3. The van der Waals surface area contributed by atoms with E-state index in [-0.39, 0.29) is 53.6 Å². The Morgan fingerprint density at radius 1 is 1.21 bits per heavy atom. The maximum atomic E-state index is 14.9. The van der Waals surface area contributed by atoms with Gasteiger partial charge in [-0.3, -0.25) is 15.0 Å². The zero-order valence-corrected chi connectivity index (χ0v) is 22.7. The van der Waals surface area contributed by atoms with Crippen molar-refractivity contribution in [2.45, 2.75) is 43.8 Å². The van der Waals surface area contributed by atoms with E-state index in [1.165, 1.54) is 29.3 Å². The number of carbonyl (C=O) groups is 3. The van der Waals surface area contributed by atoms with Gasteiger partial charge in [-0.25, -0.2) is 23.4 Å². The molecule has 2 atom stereocenters. The summed E-state index contributed by atoms with van der Waals surface area (Å²) in [6.45, 7) is -0.0361. The number of amides is 3. The first kappa shape index (κ1) is 29.2. The van der Waals surface area contributed by atoms with Crippen LogP contribution in [0.4, 0.5) is 38.5 Å². The highest BCUT2D eigenvalue weighted by Gasteiger charge is 2.41. The zero-order chi connectivity index (χ0) is 30.2. The first-order valence-electron chi connectivity index (χ1n) is 12.8. The number of imidazole rings is 1. The van der Waals surface area contributed by atoms with Crippen LogP contribution in [0.2, 0.25) is 5.02 Å². The largest absolute Gasteiger partial charge is 0.453 e. The van der Waals surface area contributed by atoms with Crippen molar-refractivity contribution < 1.29 is 41.4 Å². The molecule has 222 valence electrons. The Morgan fingerprint density at radius 3 is 2.74 bits per heavy atom. The average molecular weight is 610 g/mol. The Hall–Kier alpha value is -4.33. The number of hydrogen-bond donors (Lipinski definition) is 3. The van der Waals surface area contributed by atoms with E-state index in [0.717, 1.165) is 19.2 Å². The molecule has 3 aromatic rings. The number of aromatic nitrogens is 2. The van der Waals surface area contributed by atoms with Crippen LogP contribution in [0.25, 0.3) is 11.3 Å². The minimum Gasteiger partial charge on any atom is -0.453 e. The quantitative estimate of drug-likeness (QED) is 0.228. The molecule has 2 aliphatic rings. The number of halogens is 5. The fourth-order valence-electron chi connectivity index (χ4n) is 4.98. The summed E-state index contributed by atoms with van der Waals surface area (Å²) in [6.07, 6.45) is -2.65. The predicted molar refractivity (Wildman–Crippen MR) is 142 cm³/mol. The van der Waals surface area contributed by atoms with E-state index in [4.69, 9.17) is 16.3 Å². The van der Waals surface area contributed by atoms with Gasteiger partial charge in [0.2, 0.25) is 0 Å². The summed E-state index contributed by atoms with van der Waals surface area (Å²) in [7, 11) is 1.15. The number of carbonyl (C=O) groups excluding carboxylic acids is 3. The number of alkyl halides is 2. The zero-order valence-electron chi connectivity index (χ0n) is 22.0. The van der Waals surface area contributed by atoms with Crippen molar-refractivity contribution in [3.05, 3.63) is 64.6 Å².